The quantitative estimate of drug-likeness (QED) is 0.787. The van der Waals surface area contributed by atoms with Crippen molar-refractivity contribution < 1.29 is 18.7 Å². The predicted molar refractivity (Wildman–Crippen MR) is 70.9 cm³/mol. The molecule has 2 aromatic rings. The molecule has 0 saturated heterocycles. The van der Waals surface area contributed by atoms with E-state index < -0.39 is 11.9 Å². The molecule has 0 aliphatic rings. The van der Waals surface area contributed by atoms with Gasteiger partial charge in [-0.15, -0.1) is 0 Å². The molecule has 4 nitrogen and oxygen atoms in total. The summed E-state index contributed by atoms with van der Waals surface area (Å²) in [6, 6.07) is 10.9. The van der Waals surface area contributed by atoms with Crippen LogP contribution in [0.1, 0.15) is 11.6 Å². The molecule has 1 aromatic heterocycles. The van der Waals surface area contributed by atoms with Crippen LogP contribution in [0.25, 0.3) is 0 Å². The Bertz CT molecular complexity index is 557. The van der Waals surface area contributed by atoms with E-state index in [2.05, 4.69) is 4.98 Å². The van der Waals surface area contributed by atoms with Crippen molar-refractivity contribution in [2.45, 2.75) is 5.92 Å². The van der Waals surface area contributed by atoms with Gasteiger partial charge >= 0.3 is 5.97 Å². The molecule has 1 aromatic carbocycles. The molecule has 0 N–H and O–H groups in total. The van der Waals surface area contributed by atoms with Crippen LogP contribution in [0.2, 0.25) is 0 Å². The highest BCUT2D eigenvalue weighted by Gasteiger charge is 2.23. The first-order chi connectivity index (χ1) is 9.70. The van der Waals surface area contributed by atoms with Crippen LogP contribution in [0.5, 0.6) is 5.75 Å². The third kappa shape index (κ3) is 3.54. The van der Waals surface area contributed by atoms with Crippen LogP contribution in [0.3, 0.4) is 0 Å². The molecule has 2 rings (SSSR count). The van der Waals surface area contributed by atoms with Crippen molar-refractivity contribution in [1.29, 1.82) is 0 Å². The second-order valence-corrected chi connectivity index (χ2v) is 4.10. The zero-order valence-corrected chi connectivity index (χ0v) is 11.0. The second kappa shape index (κ2) is 6.65. The summed E-state index contributed by atoms with van der Waals surface area (Å²) in [7, 11) is 1.32. The molecular formula is C15H14FNO3. The van der Waals surface area contributed by atoms with Gasteiger partial charge in [-0.25, -0.2) is 4.39 Å². The molecular weight excluding hydrogens is 261 g/mol. The number of halogens is 1. The van der Waals surface area contributed by atoms with Crippen molar-refractivity contribution in [3.63, 3.8) is 0 Å². The fraction of sp³-hybridized carbons (Fsp3) is 0.200. The topological polar surface area (TPSA) is 48.4 Å². The molecule has 1 atom stereocenters. The zero-order valence-electron chi connectivity index (χ0n) is 11.0. The largest absolute Gasteiger partial charge is 0.492 e. The number of methoxy groups -OCH3 is 1. The molecule has 104 valence electrons. The number of nitrogens with zero attached hydrogens (tertiary/aromatic N) is 1. The average Bonchev–Trinajstić information content (AvgIpc) is 2.50. The van der Waals surface area contributed by atoms with E-state index in [1.54, 1.807) is 24.4 Å². The number of aromatic nitrogens is 1. The van der Waals surface area contributed by atoms with Crippen molar-refractivity contribution >= 4 is 5.97 Å². The molecule has 0 radical (unpaired) electrons. The van der Waals surface area contributed by atoms with E-state index >= 15 is 0 Å². The van der Waals surface area contributed by atoms with Crippen molar-refractivity contribution in [3.05, 3.63) is 60.2 Å². The lowest BCUT2D eigenvalue weighted by Crippen LogP contribution is -2.22. The van der Waals surface area contributed by atoms with Gasteiger partial charge in [0.1, 0.15) is 24.1 Å². The van der Waals surface area contributed by atoms with Crippen LogP contribution in [0, 0.1) is 5.82 Å². The highest BCUT2D eigenvalue weighted by molar-refractivity contribution is 5.77. The summed E-state index contributed by atoms with van der Waals surface area (Å²) in [6.45, 7) is 0.0787. The van der Waals surface area contributed by atoms with Crippen LogP contribution in [0.4, 0.5) is 4.39 Å². The number of esters is 1. The molecule has 1 heterocycles. The number of hydrogen-bond donors (Lipinski definition) is 0. The fourth-order valence-corrected chi connectivity index (χ4v) is 1.71. The molecule has 0 fully saturated rings. The van der Waals surface area contributed by atoms with Gasteiger partial charge in [-0.2, -0.15) is 0 Å². The minimum Gasteiger partial charge on any atom is -0.492 e. The lowest BCUT2D eigenvalue weighted by Gasteiger charge is -2.15. The molecule has 5 heteroatoms. The predicted octanol–water partition coefficient (Wildman–Crippen LogP) is 2.56. The van der Waals surface area contributed by atoms with E-state index in [1.807, 2.05) is 0 Å². The fourth-order valence-electron chi connectivity index (χ4n) is 1.71. The summed E-state index contributed by atoms with van der Waals surface area (Å²) in [6.07, 6.45) is 1.60. The van der Waals surface area contributed by atoms with Gasteiger partial charge in [0, 0.05) is 6.20 Å². The Hall–Kier alpha value is -2.43. The SMILES string of the molecule is COC(=O)C(COc1ccc(F)cc1)c1ccccn1. The van der Waals surface area contributed by atoms with Gasteiger partial charge in [-0.1, -0.05) is 6.07 Å². The summed E-state index contributed by atoms with van der Waals surface area (Å²) in [5.41, 5.74) is 0.571. The molecule has 0 aliphatic carbocycles. The highest BCUT2D eigenvalue weighted by atomic mass is 19.1. The van der Waals surface area contributed by atoms with E-state index in [1.165, 1.54) is 31.4 Å². The monoisotopic (exact) mass is 275 g/mol. The Balaban J connectivity index is 2.09. The Kier molecular flexibility index (Phi) is 4.65. The van der Waals surface area contributed by atoms with Crippen LogP contribution < -0.4 is 4.74 Å². The standard InChI is InChI=1S/C15H14FNO3/c1-19-15(18)13(14-4-2-3-9-17-14)10-20-12-7-5-11(16)6-8-12/h2-9,13H,10H2,1H3. The van der Waals surface area contributed by atoms with E-state index in [0.717, 1.165) is 0 Å². The van der Waals surface area contributed by atoms with Crippen molar-refractivity contribution in [1.82, 2.24) is 4.98 Å². The summed E-state index contributed by atoms with van der Waals surface area (Å²) >= 11 is 0. The molecule has 0 spiro atoms. The summed E-state index contributed by atoms with van der Waals surface area (Å²) < 4.78 is 23.0. The first kappa shape index (κ1) is 14.0. The molecule has 0 aliphatic heterocycles. The normalized spacial score (nSPS) is 11.7. The number of pyridine rings is 1. The Morgan fingerprint density at radius 3 is 2.60 bits per heavy atom. The number of rotatable bonds is 5. The van der Waals surface area contributed by atoms with Gasteiger partial charge in [0.2, 0.25) is 0 Å². The first-order valence-corrected chi connectivity index (χ1v) is 6.08. The Morgan fingerprint density at radius 2 is 2.00 bits per heavy atom. The van der Waals surface area contributed by atoms with Crippen LogP contribution in [-0.2, 0) is 9.53 Å². The third-order valence-electron chi connectivity index (χ3n) is 2.76. The molecule has 0 amide bonds. The van der Waals surface area contributed by atoms with E-state index in [4.69, 9.17) is 9.47 Å². The van der Waals surface area contributed by atoms with Gasteiger partial charge in [-0.05, 0) is 36.4 Å². The number of ether oxygens (including phenoxy) is 2. The van der Waals surface area contributed by atoms with Gasteiger partial charge in [-0.3, -0.25) is 9.78 Å². The number of carbonyl (C=O) groups excluding carboxylic acids is 1. The Labute approximate surface area is 116 Å². The maximum absolute atomic E-state index is 12.8. The Morgan fingerprint density at radius 1 is 1.25 bits per heavy atom. The van der Waals surface area contributed by atoms with E-state index in [-0.39, 0.29) is 12.4 Å². The van der Waals surface area contributed by atoms with Crippen LogP contribution in [0.15, 0.2) is 48.7 Å². The number of hydrogen-bond acceptors (Lipinski definition) is 4. The minimum absolute atomic E-state index is 0.0787. The molecule has 20 heavy (non-hydrogen) atoms. The smallest absolute Gasteiger partial charge is 0.318 e. The number of benzene rings is 1. The maximum atomic E-state index is 12.8. The number of carbonyl (C=O) groups is 1. The van der Waals surface area contributed by atoms with Crippen LogP contribution in [-0.4, -0.2) is 24.7 Å². The van der Waals surface area contributed by atoms with Crippen molar-refractivity contribution in [2.75, 3.05) is 13.7 Å². The minimum atomic E-state index is -0.619. The van der Waals surface area contributed by atoms with Crippen molar-refractivity contribution in [2.24, 2.45) is 0 Å². The first-order valence-electron chi connectivity index (χ1n) is 6.08. The summed E-state index contributed by atoms with van der Waals surface area (Å²) in [5.74, 6) is -0.903. The molecule has 0 bridgehead atoms. The second-order valence-electron chi connectivity index (χ2n) is 4.10. The highest BCUT2D eigenvalue weighted by Crippen LogP contribution is 2.18. The van der Waals surface area contributed by atoms with Crippen molar-refractivity contribution in [3.8, 4) is 5.75 Å². The molecule has 1 unspecified atom stereocenters. The zero-order chi connectivity index (χ0) is 14.4. The molecule has 0 saturated carbocycles. The average molecular weight is 275 g/mol. The maximum Gasteiger partial charge on any atom is 0.318 e. The van der Waals surface area contributed by atoms with E-state index in [9.17, 15) is 9.18 Å². The van der Waals surface area contributed by atoms with Gasteiger partial charge in [0.15, 0.2) is 0 Å². The summed E-state index contributed by atoms with van der Waals surface area (Å²) in [5, 5.41) is 0. The van der Waals surface area contributed by atoms with Gasteiger partial charge in [0.05, 0.1) is 12.8 Å². The lowest BCUT2D eigenvalue weighted by atomic mass is 10.1. The lowest BCUT2D eigenvalue weighted by molar-refractivity contribution is -0.143. The third-order valence-corrected chi connectivity index (χ3v) is 2.76. The van der Waals surface area contributed by atoms with Crippen LogP contribution >= 0.6 is 0 Å². The van der Waals surface area contributed by atoms with Gasteiger partial charge < -0.3 is 9.47 Å². The van der Waals surface area contributed by atoms with E-state index in [0.29, 0.717) is 11.4 Å². The summed E-state index contributed by atoms with van der Waals surface area (Å²) in [4.78, 5) is 15.9. The van der Waals surface area contributed by atoms with Gasteiger partial charge in [0.25, 0.3) is 0 Å².